The Morgan fingerprint density at radius 3 is 2.59 bits per heavy atom. The number of amides is 2. The molecule has 0 heterocycles. The van der Waals surface area contributed by atoms with E-state index in [0.717, 1.165) is 24.0 Å². The highest BCUT2D eigenvalue weighted by Crippen LogP contribution is 2.12. The number of carbonyl (C=O) groups is 2. The summed E-state index contributed by atoms with van der Waals surface area (Å²) < 4.78 is 0. The van der Waals surface area contributed by atoms with Crippen LogP contribution in [0.25, 0.3) is 0 Å². The summed E-state index contributed by atoms with van der Waals surface area (Å²) in [6, 6.07) is 7.59. The largest absolute Gasteiger partial charge is 0.354 e. The summed E-state index contributed by atoms with van der Waals surface area (Å²) in [4.78, 5) is 26.1. The molecular weight excluding hydrogens is 276 g/mol. The Hall–Kier alpha value is -1.84. The second-order valence-electron chi connectivity index (χ2n) is 5.68. The molecule has 0 saturated heterocycles. The van der Waals surface area contributed by atoms with Gasteiger partial charge in [0.25, 0.3) is 0 Å². The summed E-state index contributed by atoms with van der Waals surface area (Å²) in [6.45, 7) is 8.86. The Labute approximate surface area is 133 Å². The molecule has 2 amide bonds. The van der Waals surface area contributed by atoms with Crippen molar-refractivity contribution in [1.82, 2.24) is 10.2 Å². The predicted molar refractivity (Wildman–Crippen MR) is 89.4 cm³/mol. The molecule has 4 heteroatoms. The quantitative estimate of drug-likeness (QED) is 0.750. The number of nitrogens with one attached hydrogen (secondary N) is 1. The molecule has 0 spiro atoms. The van der Waals surface area contributed by atoms with Gasteiger partial charge in [0.15, 0.2) is 0 Å². The first-order valence-electron chi connectivity index (χ1n) is 8.12. The molecular formula is C18H28N2O2. The van der Waals surface area contributed by atoms with Crippen LogP contribution in [-0.4, -0.2) is 29.3 Å². The lowest BCUT2D eigenvalue weighted by Crippen LogP contribution is -2.47. The third kappa shape index (κ3) is 5.51. The van der Waals surface area contributed by atoms with Crippen molar-refractivity contribution in [2.45, 2.75) is 59.5 Å². The van der Waals surface area contributed by atoms with Crippen molar-refractivity contribution < 1.29 is 9.59 Å². The Balaban J connectivity index is 2.79. The first-order chi connectivity index (χ1) is 10.5. The maximum Gasteiger partial charge on any atom is 0.242 e. The second kappa shape index (κ2) is 9.23. The molecule has 0 fully saturated rings. The fraction of sp³-hybridized carbons (Fsp3) is 0.556. The molecule has 0 aromatic heterocycles. The molecule has 1 aromatic rings. The maximum atomic E-state index is 12.2. The average molecular weight is 304 g/mol. The van der Waals surface area contributed by atoms with Crippen LogP contribution in [0.15, 0.2) is 24.3 Å². The van der Waals surface area contributed by atoms with Crippen LogP contribution in [0.1, 0.15) is 51.2 Å². The van der Waals surface area contributed by atoms with E-state index in [1.165, 1.54) is 0 Å². The Morgan fingerprint density at radius 2 is 2.00 bits per heavy atom. The number of unbranched alkanes of at least 4 members (excludes halogenated alkanes) is 1. The van der Waals surface area contributed by atoms with Crippen LogP contribution in [0.2, 0.25) is 0 Å². The van der Waals surface area contributed by atoms with Crippen molar-refractivity contribution in [2.75, 3.05) is 6.54 Å². The minimum absolute atomic E-state index is 0.000326. The summed E-state index contributed by atoms with van der Waals surface area (Å²) in [7, 11) is 0. The number of nitrogens with zero attached hydrogens (tertiary/aromatic N) is 1. The van der Waals surface area contributed by atoms with Gasteiger partial charge in [-0.1, -0.05) is 50.1 Å². The van der Waals surface area contributed by atoms with Gasteiger partial charge in [-0.3, -0.25) is 9.59 Å². The third-order valence-electron chi connectivity index (χ3n) is 3.73. The minimum Gasteiger partial charge on any atom is -0.354 e. The van der Waals surface area contributed by atoms with Crippen LogP contribution in [0.3, 0.4) is 0 Å². The summed E-state index contributed by atoms with van der Waals surface area (Å²) in [5, 5.41) is 2.91. The molecule has 0 aliphatic heterocycles. The molecule has 122 valence electrons. The monoisotopic (exact) mass is 304 g/mol. The molecule has 0 aliphatic rings. The van der Waals surface area contributed by atoms with E-state index in [-0.39, 0.29) is 11.8 Å². The third-order valence-corrected chi connectivity index (χ3v) is 3.73. The Bertz CT molecular complexity index is 500. The molecule has 0 unspecified atom stereocenters. The van der Waals surface area contributed by atoms with Gasteiger partial charge >= 0.3 is 0 Å². The van der Waals surface area contributed by atoms with Crippen molar-refractivity contribution in [3.8, 4) is 0 Å². The van der Waals surface area contributed by atoms with E-state index in [2.05, 4.69) is 18.3 Å². The summed E-state index contributed by atoms with van der Waals surface area (Å²) >= 11 is 0. The van der Waals surface area contributed by atoms with Crippen molar-refractivity contribution in [2.24, 2.45) is 0 Å². The topological polar surface area (TPSA) is 49.4 Å². The van der Waals surface area contributed by atoms with Crippen LogP contribution < -0.4 is 5.32 Å². The molecule has 0 saturated carbocycles. The van der Waals surface area contributed by atoms with Gasteiger partial charge in [-0.15, -0.1) is 0 Å². The number of hydrogen-bond donors (Lipinski definition) is 1. The predicted octanol–water partition coefficient (Wildman–Crippen LogP) is 3.04. The summed E-state index contributed by atoms with van der Waals surface area (Å²) in [5.41, 5.74) is 2.21. The summed E-state index contributed by atoms with van der Waals surface area (Å²) in [5.74, 6) is -0.0810. The standard InChI is InChI=1S/C18H28N2O2/c1-5-7-11-19-18(22)15(4)20(17(21)6-2)13-16-10-8-9-14(3)12-16/h8-10,12,15H,5-7,11,13H2,1-4H3,(H,19,22)/t15-/m1/s1. The fourth-order valence-electron chi connectivity index (χ4n) is 2.33. The van der Waals surface area contributed by atoms with Gasteiger partial charge in [-0.25, -0.2) is 0 Å². The van der Waals surface area contributed by atoms with Crippen molar-refractivity contribution in [3.05, 3.63) is 35.4 Å². The Morgan fingerprint density at radius 1 is 1.27 bits per heavy atom. The maximum absolute atomic E-state index is 12.2. The highest BCUT2D eigenvalue weighted by atomic mass is 16.2. The van der Waals surface area contributed by atoms with Gasteiger partial charge in [0.1, 0.15) is 6.04 Å². The molecule has 1 aromatic carbocycles. The molecule has 22 heavy (non-hydrogen) atoms. The smallest absolute Gasteiger partial charge is 0.242 e. The summed E-state index contributed by atoms with van der Waals surface area (Å²) in [6.07, 6.45) is 2.39. The molecule has 1 N–H and O–H groups in total. The van der Waals surface area contributed by atoms with Crippen molar-refractivity contribution >= 4 is 11.8 Å². The molecule has 0 bridgehead atoms. The van der Waals surface area contributed by atoms with Gasteiger partial charge in [0, 0.05) is 19.5 Å². The second-order valence-corrected chi connectivity index (χ2v) is 5.68. The number of aryl methyl sites for hydroxylation is 1. The van der Waals surface area contributed by atoms with Crippen LogP contribution in [-0.2, 0) is 16.1 Å². The van der Waals surface area contributed by atoms with Gasteiger partial charge in [0.2, 0.25) is 11.8 Å². The van der Waals surface area contributed by atoms with Gasteiger partial charge in [-0.2, -0.15) is 0 Å². The van der Waals surface area contributed by atoms with Crippen LogP contribution >= 0.6 is 0 Å². The lowest BCUT2D eigenvalue weighted by molar-refractivity contribution is -0.140. The number of carbonyl (C=O) groups excluding carboxylic acids is 2. The molecule has 1 rings (SSSR count). The van der Waals surface area contributed by atoms with E-state index in [4.69, 9.17) is 0 Å². The van der Waals surface area contributed by atoms with E-state index in [1.807, 2.05) is 32.0 Å². The highest BCUT2D eigenvalue weighted by Gasteiger charge is 2.24. The first kappa shape index (κ1) is 18.2. The SMILES string of the molecule is CCCCNC(=O)[C@@H](C)N(Cc1cccc(C)c1)C(=O)CC. The zero-order chi connectivity index (χ0) is 16.5. The first-order valence-corrected chi connectivity index (χ1v) is 8.12. The van der Waals surface area contributed by atoms with Gasteiger partial charge in [0.05, 0.1) is 0 Å². The number of hydrogen-bond acceptors (Lipinski definition) is 2. The van der Waals surface area contributed by atoms with E-state index in [0.29, 0.717) is 19.5 Å². The molecule has 1 atom stereocenters. The minimum atomic E-state index is -0.454. The van der Waals surface area contributed by atoms with Gasteiger partial charge in [-0.05, 0) is 25.8 Å². The molecule has 0 aliphatic carbocycles. The molecule has 0 radical (unpaired) electrons. The lowest BCUT2D eigenvalue weighted by Gasteiger charge is -2.28. The Kier molecular flexibility index (Phi) is 7.64. The zero-order valence-electron chi connectivity index (χ0n) is 14.2. The van der Waals surface area contributed by atoms with Gasteiger partial charge < -0.3 is 10.2 Å². The fourth-order valence-corrected chi connectivity index (χ4v) is 2.33. The highest BCUT2D eigenvalue weighted by molar-refractivity contribution is 5.87. The van der Waals surface area contributed by atoms with Crippen molar-refractivity contribution in [3.63, 3.8) is 0 Å². The normalized spacial score (nSPS) is 11.8. The average Bonchev–Trinajstić information content (AvgIpc) is 2.51. The van der Waals surface area contributed by atoms with E-state index >= 15 is 0 Å². The zero-order valence-corrected chi connectivity index (χ0v) is 14.2. The lowest BCUT2D eigenvalue weighted by atomic mass is 10.1. The molecule has 4 nitrogen and oxygen atoms in total. The van der Waals surface area contributed by atoms with Crippen LogP contribution in [0, 0.1) is 6.92 Å². The van der Waals surface area contributed by atoms with Crippen LogP contribution in [0.5, 0.6) is 0 Å². The van der Waals surface area contributed by atoms with Crippen molar-refractivity contribution in [1.29, 1.82) is 0 Å². The van der Waals surface area contributed by atoms with Crippen LogP contribution in [0.4, 0.5) is 0 Å². The van der Waals surface area contributed by atoms with E-state index < -0.39 is 6.04 Å². The number of benzene rings is 1. The van der Waals surface area contributed by atoms with E-state index in [9.17, 15) is 9.59 Å². The van der Waals surface area contributed by atoms with E-state index in [1.54, 1.807) is 11.8 Å². The number of rotatable bonds is 8.